The molecule has 6 nitrogen and oxygen atoms in total. The Kier molecular flexibility index (Phi) is 6.35. The third kappa shape index (κ3) is 4.57. The minimum Gasteiger partial charge on any atom is -0.352 e. The lowest BCUT2D eigenvalue weighted by Crippen LogP contribution is -2.29. The molecule has 0 radical (unpaired) electrons. The number of anilines is 1. The van der Waals surface area contributed by atoms with Crippen molar-refractivity contribution < 1.29 is 14.4 Å². The fraction of sp³-hybridized carbons (Fsp3) is 0.500. The highest BCUT2D eigenvalue weighted by molar-refractivity contribution is 5.98. The van der Waals surface area contributed by atoms with Crippen LogP contribution in [0.15, 0.2) is 24.3 Å². The Morgan fingerprint density at radius 2 is 1.92 bits per heavy atom. The van der Waals surface area contributed by atoms with Crippen LogP contribution < -0.4 is 10.6 Å². The number of likely N-dealkylation sites (tertiary alicyclic amines) is 1. The number of rotatable bonds is 7. The van der Waals surface area contributed by atoms with E-state index in [-0.39, 0.29) is 30.1 Å². The first-order valence-electron chi connectivity index (χ1n) is 8.52. The second kappa shape index (κ2) is 8.47. The minimum atomic E-state index is -0.308. The van der Waals surface area contributed by atoms with Crippen molar-refractivity contribution in [2.75, 3.05) is 25.0 Å². The Morgan fingerprint density at radius 3 is 2.54 bits per heavy atom. The summed E-state index contributed by atoms with van der Waals surface area (Å²) >= 11 is 0. The number of amides is 3. The zero-order valence-corrected chi connectivity index (χ0v) is 14.3. The lowest BCUT2D eigenvalue weighted by atomic mass is 10.1. The Morgan fingerprint density at radius 1 is 1.21 bits per heavy atom. The van der Waals surface area contributed by atoms with Crippen molar-refractivity contribution in [2.45, 2.75) is 33.1 Å². The van der Waals surface area contributed by atoms with E-state index in [0.29, 0.717) is 24.3 Å². The summed E-state index contributed by atoms with van der Waals surface area (Å²) in [7, 11) is 0. The van der Waals surface area contributed by atoms with E-state index in [1.807, 2.05) is 6.92 Å². The molecule has 130 valence electrons. The van der Waals surface area contributed by atoms with Gasteiger partial charge in [0.05, 0.1) is 5.92 Å². The van der Waals surface area contributed by atoms with Gasteiger partial charge in [-0.15, -0.1) is 0 Å². The molecule has 1 atom stereocenters. The van der Waals surface area contributed by atoms with Crippen molar-refractivity contribution in [3.05, 3.63) is 29.8 Å². The van der Waals surface area contributed by atoms with E-state index in [4.69, 9.17) is 0 Å². The summed E-state index contributed by atoms with van der Waals surface area (Å²) in [5.41, 5.74) is 1.18. The second-order valence-electron chi connectivity index (χ2n) is 6.02. The average Bonchev–Trinajstić information content (AvgIpc) is 2.95. The lowest BCUT2D eigenvalue weighted by Gasteiger charge is -2.16. The smallest absolute Gasteiger partial charge is 0.251 e. The van der Waals surface area contributed by atoms with Crippen molar-refractivity contribution in [1.82, 2.24) is 10.2 Å². The first-order chi connectivity index (χ1) is 11.5. The van der Waals surface area contributed by atoms with Crippen molar-refractivity contribution in [2.24, 2.45) is 5.92 Å². The molecule has 1 aromatic rings. The third-order valence-electron chi connectivity index (χ3n) is 4.12. The zero-order chi connectivity index (χ0) is 17.5. The van der Waals surface area contributed by atoms with Gasteiger partial charge in [0.1, 0.15) is 0 Å². The van der Waals surface area contributed by atoms with E-state index in [1.165, 1.54) is 0 Å². The van der Waals surface area contributed by atoms with Crippen LogP contribution in [0.3, 0.4) is 0 Å². The van der Waals surface area contributed by atoms with Crippen LogP contribution in [-0.2, 0) is 9.59 Å². The lowest BCUT2D eigenvalue weighted by molar-refractivity contribution is -0.128. The van der Waals surface area contributed by atoms with E-state index in [2.05, 4.69) is 17.6 Å². The topological polar surface area (TPSA) is 78.5 Å². The zero-order valence-electron chi connectivity index (χ0n) is 14.3. The van der Waals surface area contributed by atoms with E-state index >= 15 is 0 Å². The number of hydrogen-bond acceptors (Lipinski definition) is 3. The molecule has 24 heavy (non-hydrogen) atoms. The summed E-state index contributed by atoms with van der Waals surface area (Å²) in [6, 6.07) is 6.75. The summed E-state index contributed by atoms with van der Waals surface area (Å²) < 4.78 is 0. The molecule has 3 amide bonds. The molecule has 0 aliphatic carbocycles. The van der Waals surface area contributed by atoms with Crippen LogP contribution in [0.1, 0.15) is 43.5 Å². The number of hydrogen-bond donors (Lipinski definition) is 2. The molecule has 0 bridgehead atoms. The minimum absolute atomic E-state index is 0.0511. The quantitative estimate of drug-likeness (QED) is 0.802. The molecular weight excluding hydrogens is 306 g/mol. The highest BCUT2D eigenvalue weighted by atomic mass is 16.2. The second-order valence-corrected chi connectivity index (χ2v) is 6.02. The molecular formula is C18H25N3O3. The Labute approximate surface area is 142 Å². The molecule has 0 spiro atoms. The number of benzene rings is 1. The Bertz CT molecular complexity index is 598. The van der Waals surface area contributed by atoms with Gasteiger partial charge in [-0.3, -0.25) is 14.4 Å². The number of unbranched alkanes of at least 4 members (excludes halogenated alkanes) is 1. The summed E-state index contributed by atoms with van der Waals surface area (Å²) in [4.78, 5) is 37.7. The fourth-order valence-electron chi connectivity index (χ4n) is 2.72. The van der Waals surface area contributed by atoms with Gasteiger partial charge < -0.3 is 15.5 Å². The number of nitrogens with one attached hydrogen (secondary N) is 2. The summed E-state index contributed by atoms with van der Waals surface area (Å²) in [5, 5.41) is 5.55. The molecule has 1 fully saturated rings. The fourth-order valence-corrected chi connectivity index (χ4v) is 2.72. The molecule has 1 saturated heterocycles. The molecule has 0 saturated carbocycles. The van der Waals surface area contributed by atoms with Crippen molar-refractivity contribution in [3.63, 3.8) is 0 Å². The SMILES string of the molecule is CCCCN1CC(C(=O)Nc2ccc(C(=O)NCC)cc2)CC1=O. The standard InChI is InChI=1S/C18H25N3O3/c1-3-5-10-21-12-14(11-16(21)22)18(24)20-15-8-6-13(7-9-15)17(23)19-4-2/h6-9,14H,3-5,10-12H2,1-2H3,(H,19,23)(H,20,24). The molecule has 2 N–H and O–H groups in total. The first-order valence-corrected chi connectivity index (χ1v) is 8.52. The van der Waals surface area contributed by atoms with Gasteiger partial charge in [-0.25, -0.2) is 0 Å². The van der Waals surface area contributed by atoms with E-state index < -0.39 is 0 Å². The predicted octanol–water partition coefficient (Wildman–Crippen LogP) is 2.02. The Hall–Kier alpha value is -2.37. The normalized spacial score (nSPS) is 17.0. The maximum Gasteiger partial charge on any atom is 0.251 e. The monoisotopic (exact) mass is 331 g/mol. The van der Waals surface area contributed by atoms with Crippen LogP contribution in [0, 0.1) is 5.92 Å². The summed E-state index contributed by atoms with van der Waals surface area (Å²) in [5.74, 6) is -0.538. The number of carbonyl (C=O) groups excluding carboxylic acids is 3. The van der Waals surface area contributed by atoms with Gasteiger partial charge in [-0.1, -0.05) is 13.3 Å². The van der Waals surface area contributed by atoms with Crippen LogP contribution in [-0.4, -0.2) is 42.3 Å². The van der Waals surface area contributed by atoms with Gasteiger partial charge >= 0.3 is 0 Å². The number of nitrogens with zero attached hydrogens (tertiary/aromatic N) is 1. The maximum absolute atomic E-state index is 12.3. The number of carbonyl (C=O) groups is 3. The predicted molar refractivity (Wildman–Crippen MR) is 92.7 cm³/mol. The molecule has 2 rings (SSSR count). The summed E-state index contributed by atoms with van der Waals surface area (Å²) in [6.07, 6.45) is 2.26. The Balaban J connectivity index is 1.90. The van der Waals surface area contributed by atoms with Gasteiger partial charge in [0, 0.05) is 37.3 Å². The third-order valence-corrected chi connectivity index (χ3v) is 4.12. The van der Waals surface area contributed by atoms with E-state index in [0.717, 1.165) is 19.4 Å². The maximum atomic E-state index is 12.3. The van der Waals surface area contributed by atoms with Crippen molar-refractivity contribution >= 4 is 23.4 Å². The summed E-state index contributed by atoms with van der Waals surface area (Å²) in [6.45, 7) is 5.72. The van der Waals surface area contributed by atoms with Gasteiger partial charge in [0.15, 0.2) is 0 Å². The van der Waals surface area contributed by atoms with Gasteiger partial charge in [-0.2, -0.15) is 0 Å². The highest BCUT2D eigenvalue weighted by Crippen LogP contribution is 2.20. The molecule has 6 heteroatoms. The van der Waals surface area contributed by atoms with Crippen LogP contribution in [0.5, 0.6) is 0 Å². The van der Waals surface area contributed by atoms with Gasteiger partial charge in [-0.05, 0) is 37.6 Å². The van der Waals surface area contributed by atoms with Crippen LogP contribution in [0.4, 0.5) is 5.69 Å². The molecule has 1 aliphatic heterocycles. The van der Waals surface area contributed by atoms with Crippen LogP contribution in [0.25, 0.3) is 0 Å². The van der Waals surface area contributed by atoms with Gasteiger partial charge in [0.25, 0.3) is 5.91 Å². The van der Waals surface area contributed by atoms with Crippen molar-refractivity contribution in [1.29, 1.82) is 0 Å². The van der Waals surface area contributed by atoms with Crippen LogP contribution in [0.2, 0.25) is 0 Å². The van der Waals surface area contributed by atoms with Gasteiger partial charge in [0.2, 0.25) is 11.8 Å². The van der Waals surface area contributed by atoms with Crippen LogP contribution >= 0.6 is 0 Å². The first kappa shape index (κ1) is 18.0. The van der Waals surface area contributed by atoms with E-state index in [9.17, 15) is 14.4 Å². The molecule has 0 aromatic heterocycles. The molecule has 1 unspecified atom stereocenters. The molecule has 1 aliphatic rings. The van der Waals surface area contributed by atoms with Crippen molar-refractivity contribution in [3.8, 4) is 0 Å². The average molecular weight is 331 g/mol. The largest absolute Gasteiger partial charge is 0.352 e. The highest BCUT2D eigenvalue weighted by Gasteiger charge is 2.33. The molecule has 1 aromatic carbocycles. The molecule has 1 heterocycles. The van der Waals surface area contributed by atoms with E-state index in [1.54, 1.807) is 29.2 Å².